The van der Waals surface area contributed by atoms with Gasteiger partial charge in [0.05, 0.1) is 11.8 Å². The molecule has 1 atom stereocenters. The maximum Gasteiger partial charge on any atom is 0.326 e. The summed E-state index contributed by atoms with van der Waals surface area (Å²) in [6.45, 7) is 6.20. The van der Waals surface area contributed by atoms with Crippen LogP contribution in [0.25, 0.3) is 17.1 Å². The van der Waals surface area contributed by atoms with E-state index < -0.39 is 17.7 Å². The number of nitrogens with zero attached hydrogens (tertiary/aromatic N) is 3. The van der Waals surface area contributed by atoms with Crippen LogP contribution in [0.5, 0.6) is 0 Å². The van der Waals surface area contributed by atoms with Crippen molar-refractivity contribution in [2.75, 3.05) is 14.1 Å². The number of aromatic amines is 1. The largest absolute Gasteiger partial charge is 0.462 e. The Morgan fingerprint density at radius 2 is 2.12 bits per heavy atom. The van der Waals surface area contributed by atoms with E-state index in [4.69, 9.17) is 9.47 Å². The molecular weight excluding hydrogens is 432 g/mol. The molecule has 3 aromatic rings. The number of carbonyl (C=O) groups is 2. The third-order valence-corrected chi connectivity index (χ3v) is 5.31. The molecule has 1 saturated heterocycles. The SMILES string of the molecule is Cc1cc(CN(C)C)ccc1N=C1O/C(=C\c2c[nH]c3ncccc23)C(=O)C1C(=O)OC(C)C. The molecule has 176 valence electrons. The summed E-state index contributed by atoms with van der Waals surface area (Å²) < 4.78 is 11.2. The number of Topliss-reactive ketones (excluding diaryl/α,β-unsaturated/α-hetero) is 1. The first-order valence-electron chi connectivity index (χ1n) is 11.1. The topological polar surface area (TPSA) is 96.9 Å². The number of nitrogens with one attached hydrogen (secondary N) is 1. The number of aromatic nitrogens is 2. The van der Waals surface area contributed by atoms with Crippen molar-refractivity contribution in [3.05, 3.63) is 65.2 Å². The molecule has 3 heterocycles. The van der Waals surface area contributed by atoms with Crippen LogP contribution < -0.4 is 0 Å². The number of aryl methyl sites for hydroxylation is 1. The molecule has 34 heavy (non-hydrogen) atoms. The fourth-order valence-electron chi connectivity index (χ4n) is 3.84. The molecular formula is C26H28N4O4. The van der Waals surface area contributed by atoms with Crippen molar-refractivity contribution in [2.45, 2.75) is 33.4 Å². The molecule has 1 aliphatic rings. The second kappa shape index (κ2) is 9.61. The Balaban J connectivity index is 1.72. The highest BCUT2D eigenvalue weighted by atomic mass is 16.6. The van der Waals surface area contributed by atoms with Crippen molar-refractivity contribution < 1.29 is 19.1 Å². The average Bonchev–Trinajstić information content (AvgIpc) is 3.30. The summed E-state index contributed by atoms with van der Waals surface area (Å²) in [5, 5.41) is 0.838. The van der Waals surface area contributed by atoms with E-state index in [2.05, 4.69) is 19.9 Å². The normalized spacial score (nSPS) is 18.4. The van der Waals surface area contributed by atoms with Gasteiger partial charge < -0.3 is 19.4 Å². The Labute approximate surface area is 198 Å². The number of allylic oxidation sites excluding steroid dienone is 1. The Morgan fingerprint density at radius 3 is 2.82 bits per heavy atom. The molecule has 8 heteroatoms. The minimum atomic E-state index is -1.25. The number of fused-ring (bicyclic) bond motifs is 1. The quantitative estimate of drug-likeness (QED) is 0.337. The van der Waals surface area contributed by atoms with Gasteiger partial charge in [-0.25, -0.2) is 9.98 Å². The molecule has 0 spiro atoms. The third kappa shape index (κ3) is 4.92. The summed E-state index contributed by atoms with van der Waals surface area (Å²) >= 11 is 0. The molecule has 8 nitrogen and oxygen atoms in total. The number of esters is 1. The lowest BCUT2D eigenvalue weighted by Crippen LogP contribution is -2.29. The van der Waals surface area contributed by atoms with Crippen LogP contribution in [0.1, 0.15) is 30.5 Å². The van der Waals surface area contributed by atoms with Gasteiger partial charge in [0.15, 0.2) is 11.7 Å². The maximum absolute atomic E-state index is 13.2. The predicted octanol–water partition coefficient (Wildman–Crippen LogP) is 4.17. The van der Waals surface area contributed by atoms with Crippen molar-refractivity contribution in [1.82, 2.24) is 14.9 Å². The third-order valence-electron chi connectivity index (χ3n) is 5.31. The second-order valence-electron chi connectivity index (χ2n) is 8.85. The van der Waals surface area contributed by atoms with Gasteiger partial charge in [0.1, 0.15) is 5.65 Å². The Morgan fingerprint density at radius 1 is 1.32 bits per heavy atom. The van der Waals surface area contributed by atoms with Crippen LogP contribution in [0.2, 0.25) is 0 Å². The van der Waals surface area contributed by atoms with Gasteiger partial charge in [0, 0.05) is 29.9 Å². The molecule has 2 aromatic heterocycles. The first kappa shape index (κ1) is 23.4. The highest BCUT2D eigenvalue weighted by molar-refractivity contribution is 6.27. The standard InChI is InChI=1S/C26H28N4O4/c1-15(2)33-26(32)22-23(31)21(12-18-13-28-24-19(18)7-6-10-27-24)34-25(22)29-20-9-8-17(11-16(20)3)14-30(4)5/h6-13,15,22H,14H2,1-5H3,(H,27,28)/b21-12-,29-25?. The average molecular weight is 461 g/mol. The van der Waals surface area contributed by atoms with E-state index in [1.165, 1.54) is 0 Å². The molecule has 0 aliphatic carbocycles. The van der Waals surface area contributed by atoms with Crippen LogP contribution in [0, 0.1) is 12.8 Å². The first-order valence-corrected chi connectivity index (χ1v) is 11.1. The van der Waals surface area contributed by atoms with Crippen LogP contribution in [-0.2, 0) is 25.6 Å². The van der Waals surface area contributed by atoms with E-state index >= 15 is 0 Å². The van der Waals surface area contributed by atoms with Gasteiger partial charge in [-0.2, -0.15) is 0 Å². The van der Waals surface area contributed by atoms with Crippen molar-refractivity contribution in [2.24, 2.45) is 10.9 Å². The van der Waals surface area contributed by atoms with Crippen LogP contribution in [0.3, 0.4) is 0 Å². The number of H-pyrrole nitrogens is 1. The number of rotatable bonds is 6. The van der Waals surface area contributed by atoms with Crippen molar-refractivity contribution in [1.29, 1.82) is 0 Å². The number of hydrogen-bond acceptors (Lipinski definition) is 7. The lowest BCUT2D eigenvalue weighted by Gasteiger charge is -2.12. The molecule has 0 saturated carbocycles. The fraction of sp³-hybridized carbons (Fsp3) is 0.308. The van der Waals surface area contributed by atoms with Crippen LogP contribution in [0.4, 0.5) is 5.69 Å². The van der Waals surface area contributed by atoms with Crippen molar-refractivity contribution >= 4 is 40.4 Å². The minimum absolute atomic E-state index is 0.0170. The number of ether oxygens (including phenoxy) is 2. The fourth-order valence-corrected chi connectivity index (χ4v) is 3.84. The smallest absolute Gasteiger partial charge is 0.326 e. The minimum Gasteiger partial charge on any atom is -0.462 e. The number of aliphatic imine (C=N–C) groups is 1. The Hall–Kier alpha value is -3.78. The number of pyridine rings is 1. The number of hydrogen-bond donors (Lipinski definition) is 1. The summed E-state index contributed by atoms with van der Waals surface area (Å²) in [5.41, 5.74) is 4.11. The van der Waals surface area contributed by atoms with E-state index in [0.29, 0.717) is 11.3 Å². The van der Waals surface area contributed by atoms with E-state index in [-0.39, 0.29) is 17.8 Å². The summed E-state index contributed by atoms with van der Waals surface area (Å²) in [6.07, 6.45) is 4.66. The molecule has 1 aliphatic heterocycles. The Bertz CT molecular complexity index is 1300. The van der Waals surface area contributed by atoms with Crippen molar-refractivity contribution in [3.63, 3.8) is 0 Å². The highest BCUT2D eigenvalue weighted by Crippen LogP contribution is 2.30. The van der Waals surface area contributed by atoms with E-state index in [9.17, 15) is 9.59 Å². The van der Waals surface area contributed by atoms with E-state index in [1.54, 1.807) is 32.3 Å². The zero-order valence-electron chi connectivity index (χ0n) is 20.0. The number of ketones is 1. The molecule has 0 amide bonds. The lowest BCUT2D eigenvalue weighted by atomic mass is 10.0. The zero-order chi connectivity index (χ0) is 24.4. The lowest BCUT2D eigenvalue weighted by molar-refractivity contribution is -0.151. The molecule has 1 fully saturated rings. The summed E-state index contributed by atoms with van der Waals surface area (Å²) in [7, 11) is 4.01. The summed E-state index contributed by atoms with van der Waals surface area (Å²) in [5.74, 6) is -2.36. The van der Waals surface area contributed by atoms with Crippen LogP contribution >= 0.6 is 0 Å². The van der Waals surface area contributed by atoms with Gasteiger partial charge in [-0.1, -0.05) is 12.1 Å². The molecule has 0 bridgehead atoms. The van der Waals surface area contributed by atoms with Gasteiger partial charge in [-0.15, -0.1) is 0 Å². The van der Waals surface area contributed by atoms with Gasteiger partial charge >= 0.3 is 5.97 Å². The summed E-state index contributed by atoms with van der Waals surface area (Å²) in [4.78, 5) is 40.1. The van der Waals surface area contributed by atoms with Gasteiger partial charge in [0.25, 0.3) is 0 Å². The van der Waals surface area contributed by atoms with Crippen LogP contribution in [0.15, 0.2) is 53.5 Å². The van der Waals surface area contributed by atoms with Gasteiger partial charge in [-0.05, 0) is 70.3 Å². The number of carbonyl (C=O) groups excluding carboxylic acids is 2. The first-order chi connectivity index (χ1) is 16.2. The zero-order valence-corrected chi connectivity index (χ0v) is 20.0. The van der Waals surface area contributed by atoms with Gasteiger partial charge in [-0.3, -0.25) is 9.59 Å². The molecule has 4 rings (SSSR count). The van der Waals surface area contributed by atoms with E-state index in [1.807, 2.05) is 51.4 Å². The molecule has 1 N–H and O–H groups in total. The van der Waals surface area contributed by atoms with Crippen molar-refractivity contribution in [3.8, 4) is 0 Å². The highest BCUT2D eigenvalue weighted by Gasteiger charge is 2.45. The van der Waals surface area contributed by atoms with Gasteiger partial charge in [0.2, 0.25) is 11.7 Å². The van der Waals surface area contributed by atoms with Crippen LogP contribution in [-0.4, -0.2) is 52.7 Å². The molecule has 0 radical (unpaired) electrons. The monoisotopic (exact) mass is 460 g/mol. The second-order valence-corrected chi connectivity index (χ2v) is 8.85. The summed E-state index contributed by atoms with van der Waals surface area (Å²) in [6, 6.07) is 9.58. The van der Waals surface area contributed by atoms with E-state index in [0.717, 1.165) is 28.6 Å². The molecule has 1 aromatic carbocycles. The molecule has 1 unspecified atom stereocenters. The maximum atomic E-state index is 13.2. The Kier molecular flexibility index (Phi) is 6.61. The predicted molar refractivity (Wildman–Crippen MR) is 131 cm³/mol. The number of benzene rings is 1.